The summed E-state index contributed by atoms with van der Waals surface area (Å²) in [5.41, 5.74) is 3.76. The van der Waals surface area contributed by atoms with Gasteiger partial charge in [0.05, 0.1) is 5.56 Å². The van der Waals surface area contributed by atoms with Gasteiger partial charge in [0.15, 0.2) is 5.76 Å². The Bertz CT molecular complexity index is 1050. The quantitative estimate of drug-likeness (QED) is 0.750. The molecule has 3 aromatic rings. The summed E-state index contributed by atoms with van der Waals surface area (Å²) in [6, 6.07) is 13.0. The number of hydrogen-bond donors (Lipinski definition) is 1. The molecule has 5 nitrogen and oxygen atoms in total. The van der Waals surface area contributed by atoms with E-state index in [0.717, 1.165) is 34.1 Å². The lowest BCUT2D eigenvalue weighted by atomic mass is 9.93. The van der Waals surface area contributed by atoms with Crippen LogP contribution in [0.4, 0.5) is 0 Å². The maximum atomic E-state index is 13.0. The van der Waals surface area contributed by atoms with Gasteiger partial charge in [0.25, 0.3) is 5.91 Å². The van der Waals surface area contributed by atoms with Gasteiger partial charge in [0.1, 0.15) is 5.58 Å². The number of rotatable bonds is 3. The lowest BCUT2D eigenvalue weighted by Gasteiger charge is -2.16. The normalized spacial score (nSPS) is 16.8. The number of benzene rings is 2. The van der Waals surface area contributed by atoms with E-state index in [1.165, 1.54) is 0 Å². The Hall–Kier alpha value is -3.08. The molecule has 0 spiro atoms. The lowest BCUT2D eigenvalue weighted by Crippen LogP contribution is -2.28. The van der Waals surface area contributed by atoms with Gasteiger partial charge in [-0.1, -0.05) is 30.3 Å². The molecule has 1 amide bonds. The van der Waals surface area contributed by atoms with Crippen LogP contribution in [0, 0.1) is 13.8 Å². The van der Waals surface area contributed by atoms with Gasteiger partial charge in [-0.25, -0.2) is 4.79 Å². The fraction of sp³-hybridized carbons (Fsp3) is 0.273. The minimum absolute atomic E-state index is 0.0215. The second kappa shape index (κ2) is 6.58. The lowest BCUT2D eigenvalue weighted by molar-refractivity contribution is 0.0695. The highest BCUT2D eigenvalue weighted by Crippen LogP contribution is 2.32. The van der Waals surface area contributed by atoms with Crippen LogP contribution in [0.3, 0.4) is 0 Å². The molecule has 0 radical (unpaired) electrons. The molecule has 1 fully saturated rings. The van der Waals surface area contributed by atoms with Crippen molar-refractivity contribution in [1.29, 1.82) is 0 Å². The monoisotopic (exact) mass is 363 g/mol. The molecule has 0 aliphatic carbocycles. The molecule has 1 aliphatic heterocycles. The molecule has 1 saturated heterocycles. The van der Waals surface area contributed by atoms with Crippen molar-refractivity contribution in [1.82, 2.24) is 4.90 Å². The predicted octanol–water partition coefficient (Wildman–Crippen LogP) is 4.38. The highest BCUT2D eigenvalue weighted by atomic mass is 16.4. The Morgan fingerprint density at radius 2 is 1.93 bits per heavy atom. The summed E-state index contributed by atoms with van der Waals surface area (Å²) in [5, 5.41) is 10.4. The van der Waals surface area contributed by atoms with E-state index in [4.69, 9.17) is 4.42 Å². The van der Waals surface area contributed by atoms with Crippen molar-refractivity contribution in [2.75, 3.05) is 13.1 Å². The van der Waals surface area contributed by atoms with Crippen LogP contribution in [0.25, 0.3) is 11.0 Å². The van der Waals surface area contributed by atoms with Crippen LogP contribution in [-0.4, -0.2) is 35.0 Å². The van der Waals surface area contributed by atoms with Gasteiger partial charge in [-0.05, 0) is 43.5 Å². The van der Waals surface area contributed by atoms with Crippen LogP contribution in [0.1, 0.15) is 49.9 Å². The summed E-state index contributed by atoms with van der Waals surface area (Å²) in [5.74, 6) is -0.661. The van der Waals surface area contributed by atoms with Crippen molar-refractivity contribution in [2.24, 2.45) is 0 Å². The minimum atomic E-state index is -0.932. The SMILES string of the molecule is Cc1ccc2c(C)c(C(=O)N3CCC(c4ccccc4C(=O)O)C3)oc2c1. The average molecular weight is 363 g/mol. The number of carboxylic acid groups (broad SMARTS) is 1. The van der Waals surface area contributed by atoms with Crippen LogP contribution < -0.4 is 0 Å². The number of aryl methyl sites for hydroxylation is 2. The second-order valence-corrected chi connectivity index (χ2v) is 7.18. The van der Waals surface area contributed by atoms with Crippen LogP contribution >= 0.6 is 0 Å². The number of carbonyl (C=O) groups excluding carboxylic acids is 1. The van der Waals surface area contributed by atoms with E-state index >= 15 is 0 Å². The largest absolute Gasteiger partial charge is 0.478 e. The fourth-order valence-electron chi connectivity index (χ4n) is 3.93. The highest BCUT2D eigenvalue weighted by Gasteiger charge is 2.32. The molecule has 27 heavy (non-hydrogen) atoms. The molecule has 5 heteroatoms. The zero-order valence-corrected chi connectivity index (χ0v) is 15.4. The Balaban J connectivity index is 1.60. The summed E-state index contributed by atoms with van der Waals surface area (Å²) >= 11 is 0. The van der Waals surface area contributed by atoms with Crippen LogP contribution in [0.15, 0.2) is 46.9 Å². The molecule has 2 aromatic carbocycles. The minimum Gasteiger partial charge on any atom is -0.478 e. The van der Waals surface area contributed by atoms with Crippen molar-refractivity contribution in [3.8, 4) is 0 Å². The van der Waals surface area contributed by atoms with E-state index in [9.17, 15) is 14.7 Å². The number of hydrogen-bond acceptors (Lipinski definition) is 3. The molecule has 2 heterocycles. The molecular formula is C22H21NO4. The number of carbonyl (C=O) groups is 2. The van der Waals surface area contributed by atoms with Crippen molar-refractivity contribution in [3.63, 3.8) is 0 Å². The first kappa shape index (κ1) is 17.3. The maximum absolute atomic E-state index is 13.0. The van der Waals surface area contributed by atoms with Crippen LogP contribution in [0.2, 0.25) is 0 Å². The van der Waals surface area contributed by atoms with Gasteiger partial charge in [-0.3, -0.25) is 4.79 Å². The molecule has 1 aromatic heterocycles. The standard InChI is InChI=1S/C22H21NO4/c1-13-7-8-16-14(2)20(27-19(16)11-13)21(24)23-10-9-15(12-23)17-5-3-4-6-18(17)22(25)26/h3-8,11,15H,9-10,12H2,1-2H3,(H,25,26). The highest BCUT2D eigenvalue weighted by molar-refractivity contribution is 5.99. The maximum Gasteiger partial charge on any atom is 0.335 e. The summed E-state index contributed by atoms with van der Waals surface area (Å²) in [6.45, 7) is 4.98. The van der Waals surface area contributed by atoms with E-state index in [1.54, 1.807) is 17.0 Å². The van der Waals surface area contributed by atoms with Crippen molar-refractivity contribution in [3.05, 3.63) is 70.5 Å². The molecular weight excluding hydrogens is 342 g/mol. The number of carboxylic acids is 1. The molecule has 138 valence electrons. The van der Waals surface area contributed by atoms with Gasteiger partial charge in [-0.15, -0.1) is 0 Å². The van der Waals surface area contributed by atoms with Crippen molar-refractivity contribution >= 4 is 22.8 Å². The van der Waals surface area contributed by atoms with E-state index < -0.39 is 5.97 Å². The number of aromatic carboxylic acids is 1. The fourth-order valence-corrected chi connectivity index (χ4v) is 3.93. The number of furan rings is 1. The van der Waals surface area contributed by atoms with Crippen molar-refractivity contribution in [2.45, 2.75) is 26.2 Å². The third-order valence-electron chi connectivity index (χ3n) is 5.39. The van der Waals surface area contributed by atoms with Gasteiger partial charge in [0, 0.05) is 30.0 Å². The van der Waals surface area contributed by atoms with Gasteiger partial charge >= 0.3 is 5.97 Å². The van der Waals surface area contributed by atoms with Gasteiger partial charge < -0.3 is 14.4 Å². The van der Waals surface area contributed by atoms with Gasteiger partial charge in [-0.2, -0.15) is 0 Å². The van der Waals surface area contributed by atoms with E-state index in [-0.39, 0.29) is 11.8 Å². The Kier molecular flexibility index (Phi) is 4.22. The summed E-state index contributed by atoms with van der Waals surface area (Å²) in [6.07, 6.45) is 0.744. The smallest absolute Gasteiger partial charge is 0.335 e. The first-order valence-corrected chi connectivity index (χ1v) is 9.07. The third kappa shape index (κ3) is 2.99. The second-order valence-electron chi connectivity index (χ2n) is 7.18. The zero-order valence-electron chi connectivity index (χ0n) is 15.4. The average Bonchev–Trinajstić information content (AvgIpc) is 3.26. The molecule has 1 N–H and O–H groups in total. The third-order valence-corrected chi connectivity index (χ3v) is 5.39. The van der Waals surface area contributed by atoms with Gasteiger partial charge in [0.2, 0.25) is 0 Å². The molecule has 1 unspecified atom stereocenters. The molecule has 1 aliphatic rings. The zero-order chi connectivity index (χ0) is 19.1. The number of amides is 1. The molecule has 0 saturated carbocycles. The van der Waals surface area contributed by atoms with E-state index in [1.807, 2.05) is 44.2 Å². The van der Waals surface area contributed by atoms with Crippen LogP contribution in [0.5, 0.6) is 0 Å². The number of likely N-dealkylation sites (tertiary alicyclic amines) is 1. The first-order valence-electron chi connectivity index (χ1n) is 9.07. The van der Waals surface area contributed by atoms with E-state index in [0.29, 0.717) is 24.4 Å². The number of nitrogens with zero attached hydrogens (tertiary/aromatic N) is 1. The van der Waals surface area contributed by atoms with Crippen LogP contribution in [-0.2, 0) is 0 Å². The molecule has 1 atom stereocenters. The Morgan fingerprint density at radius 1 is 1.15 bits per heavy atom. The molecule has 4 rings (SSSR count). The summed E-state index contributed by atoms with van der Waals surface area (Å²) in [7, 11) is 0. The summed E-state index contributed by atoms with van der Waals surface area (Å²) in [4.78, 5) is 26.3. The molecule has 0 bridgehead atoms. The van der Waals surface area contributed by atoms with E-state index in [2.05, 4.69) is 0 Å². The van der Waals surface area contributed by atoms with Crippen molar-refractivity contribution < 1.29 is 19.1 Å². The Labute approximate surface area is 157 Å². The first-order chi connectivity index (χ1) is 13.0. The number of fused-ring (bicyclic) bond motifs is 1. The summed E-state index contributed by atoms with van der Waals surface area (Å²) < 4.78 is 5.87. The topological polar surface area (TPSA) is 70.8 Å². The predicted molar refractivity (Wildman–Crippen MR) is 102 cm³/mol. The Morgan fingerprint density at radius 3 is 2.70 bits per heavy atom.